The van der Waals surface area contributed by atoms with Crippen LogP contribution in [0.1, 0.15) is 30.1 Å². The van der Waals surface area contributed by atoms with Gasteiger partial charge in [-0.2, -0.15) is 0 Å². The first-order chi connectivity index (χ1) is 8.46. The molecule has 1 fully saturated rings. The lowest BCUT2D eigenvalue weighted by molar-refractivity contribution is 0.0898. The zero-order valence-electron chi connectivity index (χ0n) is 10.2. The first-order valence-electron chi connectivity index (χ1n) is 5.94. The van der Waals surface area contributed by atoms with Crippen molar-refractivity contribution < 1.29 is 4.79 Å². The highest BCUT2D eigenvalue weighted by Gasteiger charge is 2.41. The molecule has 0 bridgehead atoms. The van der Waals surface area contributed by atoms with E-state index < -0.39 is 0 Å². The Morgan fingerprint density at radius 1 is 1.50 bits per heavy atom. The van der Waals surface area contributed by atoms with E-state index in [1.807, 2.05) is 6.92 Å². The van der Waals surface area contributed by atoms with E-state index in [1.165, 1.54) is 0 Å². The molecule has 18 heavy (non-hydrogen) atoms. The predicted molar refractivity (Wildman–Crippen MR) is 74.1 cm³/mol. The molecule has 5 heteroatoms. The summed E-state index contributed by atoms with van der Waals surface area (Å²) in [5.74, 6) is 0.242. The van der Waals surface area contributed by atoms with Gasteiger partial charge >= 0.3 is 0 Å². The molecule has 3 N–H and O–H groups in total. The highest BCUT2D eigenvalue weighted by atomic mass is 35.5. The van der Waals surface area contributed by atoms with Crippen molar-refractivity contribution in [2.45, 2.75) is 25.3 Å². The van der Waals surface area contributed by atoms with Crippen LogP contribution in [-0.4, -0.2) is 18.0 Å². The van der Waals surface area contributed by atoms with E-state index in [9.17, 15) is 4.79 Å². The molecule has 0 radical (unpaired) electrons. The second-order valence-corrected chi connectivity index (χ2v) is 5.82. The van der Waals surface area contributed by atoms with Crippen LogP contribution in [0.15, 0.2) is 18.2 Å². The molecule has 1 aliphatic rings. The number of hydrogen-bond donors (Lipinski definition) is 2. The maximum Gasteiger partial charge on any atom is 0.253 e. The van der Waals surface area contributed by atoms with Crippen molar-refractivity contribution in [2.75, 3.05) is 6.54 Å². The van der Waals surface area contributed by atoms with Gasteiger partial charge in [-0.25, -0.2) is 0 Å². The first-order valence-corrected chi connectivity index (χ1v) is 6.69. The molecule has 0 aliphatic heterocycles. The largest absolute Gasteiger partial charge is 0.345 e. The number of hydrogen-bond acceptors (Lipinski definition) is 2. The highest BCUT2D eigenvalue weighted by molar-refractivity contribution is 6.35. The normalized spacial score (nSPS) is 18.2. The summed E-state index contributed by atoms with van der Waals surface area (Å²) in [5.41, 5.74) is 5.80. The molecule has 0 saturated heterocycles. The van der Waals surface area contributed by atoms with Gasteiger partial charge in [0.15, 0.2) is 0 Å². The van der Waals surface area contributed by atoms with Gasteiger partial charge in [0.25, 0.3) is 5.91 Å². The third-order valence-electron chi connectivity index (χ3n) is 3.47. The summed E-state index contributed by atoms with van der Waals surface area (Å²) in [6, 6.07) is 4.85. The molecule has 2 rings (SSSR count). The Bertz CT molecular complexity index is 474. The van der Waals surface area contributed by atoms with Gasteiger partial charge in [0.2, 0.25) is 0 Å². The van der Waals surface area contributed by atoms with Crippen LogP contribution in [0.4, 0.5) is 0 Å². The van der Waals surface area contributed by atoms with Gasteiger partial charge in [-0.3, -0.25) is 4.79 Å². The van der Waals surface area contributed by atoms with Crippen LogP contribution in [0.5, 0.6) is 0 Å². The zero-order chi connectivity index (χ0) is 13.3. The van der Waals surface area contributed by atoms with E-state index in [0.29, 0.717) is 28.1 Å². The van der Waals surface area contributed by atoms with Gasteiger partial charge < -0.3 is 11.1 Å². The Labute approximate surface area is 117 Å². The van der Waals surface area contributed by atoms with Gasteiger partial charge in [-0.15, -0.1) is 0 Å². The number of halogens is 2. The number of carbonyl (C=O) groups is 1. The second kappa shape index (κ2) is 5.08. The van der Waals surface area contributed by atoms with Crippen molar-refractivity contribution in [3.8, 4) is 0 Å². The van der Waals surface area contributed by atoms with Crippen molar-refractivity contribution in [1.82, 2.24) is 5.32 Å². The van der Waals surface area contributed by atoms with E-state index in [1.54, 1.807) is 18.2 Å². The molecule has 1 aromatic rings. The number of carbonyl (C=O) groups excluding carboxylic acids is 1. The van der Waals surface area contributed by atoms with Crippen LogP contribution >= 0.6 is 23.2 Å². The number of benzene rings is 1. The van der Waals surface area contributed by atoms with Gasteiger partial charge in [-0.05, 0) is 43.9 Å². The molecule has 1 atom stereocenters. The Morgan fingerprint density at radius 3 is 2.72 bits per heavy atom. The minimum atomic E-state index is -0.358. The fourth-order valence-electron chi connectivity index (χ4n) is 2.04. The summed E-state index contributed by atoms with van der Waals surface area (Å²) in [6.07, 6.45) is 2.22. The molecule has 1 aromatic carbocycles. The number of amides is 1. The molecular weight excluding hydrogens is 271 g/mol. The summed E-state index contributed by atoms with van der Waals surface area (Å²) in [5, 5.41) is 3.87. The quantitative estimate of drug-likeness (QED) is 0.894. The van der Waals surface area contributed by atoms with Crippen molar-refractivity contribution >= 4 is 29.1 Å². The van der Waals surface area contributed by atoms with Crippen molar-refractivity contribution in [1.29, 1.82) is 0 Å². The lowest BCUT2D eigenvalue weighted by Gasteiger charge is -2.29. The minimum absolute atomic E-state index is 0.220. The van der Waals surface area contributed by atoms with Crippen molar-refractivity contribution in [3.05, 3.63) is 33.8 Å². The van der Waals surface area contributed by atoms with E-state index in [2.05, 4.69) is 5.32 Å². The molecule has 1 unspecified atom stereocenters. The van der Waals surface area contributed by atoms with Crippen LogP contribution in [-0.2, 0) is 0 Å². The molecule has 0 aromatic heterocycles. The monoisotopic (exact) mass is 286 g/mol. The van der Waals surface area contributed by atoms with Gasteiger partial charge in [0.1, 0.15) is 0 Å². The van der Waals surface area contributed by atoms with Crippen LogP contribution in [0.25, 0.3) is 0 Å². The van der Waals surface area contributed by atoms with E-state index >= 15 is 0 Å². The second-order valence-electron chi connectivity index (χ2n) is 4.97. The van der Waals surface area contributed by atoms with Crippen LogP contribution < -0.4 is 11.1 Å². The molecule has 3 nitrogen and oxygen atoms in total. The fourth-order valence-corrected chi connectivity index (χ4v) is 2.41. The maximum absolute atomic E-state index is 12.2. The molecule has 1 saturated carbocycles. The Balaban J connectivity index is 2.18. The molecule has 1 amide bonds. The summed E-state index contributed by atoms with van der Waals surface area (Å²) in [6.45, 7) is 2.39. The average molecular weight is 287 g/mol. The summed E-state index contributed by atoms with van der Waals surface area (Å²) in [7, 11) is 0. The first kappa shape index (κ1) is 13.7. The lowest BCUT2D eigenvalue weighted by atomic mass is 9.95. The fraction of sp³-hybridized carbons (Fsp3) is 0.462. The third kappa shape index (κ3) is 2.79. The van der Waals surface area contributed by atoms with Crippen molar-refractivity contribution in [2.24, 2.45) is 11.7 Å². The van der Waals surface area contributed by atoms with Crippen LogP contribution in [0.3, 0.4) is 0 Å². The van der Waals surface area contributed by atoms with Gasteiger partial charge in [0, 0.05) is 11.6 Å². The number of rotatable bonds is 4. The molecule has 0 spiro atoms. The minimum Gasteiger partial charge on any atom is -0.345 e. The average Bonchev–Trinajstić information content (AvgIpc) is 3.16. The Morgan fingerprint density at radius 2 is 2.17 bits per heavy atom. The molecular formula is C13H16Cl2N2O. The smallest absolute Gasteiger partial charge is 0.253 e. The summed E-state index contributed by atoms with van der Waals surface area (Å²) >= 11 is 11.9. The number of nitrogens with two attached hydrogens (primary N) is 1. The van der Waals surface area contributed by atoms with Gasteiger partial charge in [-0.1, -0.05) is 23.2 Å². The van der Waals surface area contributed by atoms with Crippen molar-refractivity contribution in [3.63, 3.8) is 0 Å². The maximum atomic E-state index is 12.2. The standard InChI is InChI=1S/C13H16Cl2N2O/c1-13(7-16,8-2-3-8)17-12(18)10-6-9(14)4-5-11(10)15/h4-6,8H,2-3,7,16H2,1H3,(H,17,18). The summed E-state index contributed by atoms with van der Waals surface area (Å²) < 4.78 is 0. The van der Waals surface area contributed by atoms with E-state index in [4.69, 9.17) is 28.9 Å². The Kier molecular flexibility index (Phi) is 3.85. The molecule has 0 heterocycles. The molecule has 1 aliphatic carbocycles. The third-order valence-corrected chi connectivity index (χ3v) is 4.04. The Hall–Kier alpha value is -0.770. The molecule has 98 valence electrons. The van der Waals surface area contributed by atoms with Gasteiger partial charge in [0.05, 0.1) is 16.1 Å². The van der Waals surface area contributed by atoms with E-state index in [0.717, 1.165) is 12.8 Å². The predicted octanol–water partition coefficient (Wildman–Crippen LogP) is 2.85. The topological polar surface area (TPSA) is 55.1 Å². The summed E-state index contributed by atoms with van der Waals surface area (Å²) in [4.78, 5) is 12.2. The van der Waals surface area contributed by atoms with E-state index in [-0.39, 0.29) is 11.4 Å². The van der Waals surface area contributed by atoms with Crippen LogP contribution in [0.2, 0.25) is 10.0 Å². The highest BCUT2D eigenvalue weighted by Crippen LogP contribution is 2.39. The number of nitrogens with one attached hydrogen (secondary N) is 1. The lowest BCUT2D eigenvalue weighted by Crippen LogP contribution is -2.53. The zero-order valence-corrected chi connectivity index (χ0v) is 11.7. The SMILES string of the molecule is CC(CN)(NC(=O)c1cc(Cl)ccc1Cl)C1CC1. The van der Waals surface area contributed by atoms with Crippen LogP contribution in [0, 0.1) is 5.92 Å².